The molecule has 3 heteroatoms. The Kier molecular flexibility index (Phi) is 4.41. The Morgan fingerprint density at radius 1 is 1.24 bits per heavy atom. The first kappa shape index (κ1) is 14.7. The Morgan fingerprint density at radius 3 is 2.86 bits per heavy atom. The molecule has 1 aliphatic carbocycles. The van der Waals surface area contributed by atoms with Crippen LogP contribution >= 0.6 is 15.9 Å². The molecule has 2 aromatic rings. The van der Waals surface area contributed by atoms with Gasteiger partial charge in [-0.05, 0) is 55.0 Å². The topological polar surface area (TPSA) is 12.0 Å². The Bertz CT molecular complexity index is 641. The van der Waals surface area contributed by atoms with E-state index in [-0.39, 0.29) is 11.9 Å². The van der Waals surface area contributed by atoms with Crippen molar-refractivity contribution in [1.82, 2.24) is 5.32 Å². The molecule has 0 amide bonds. The Hall–Kier alpha value is -1.19. The van der Waals surface area contributed by atoms with Crippen LogP contribution in [0.25, 0.3) is 0 Å². The molecule has 110 valence electrons. The van der Waals surface area contributed by atoms with Crippen LogP contribution in [0.5, 0.6) is 0 Å². The zero-order valence-corrected chi connectivity index (χ0v) is 13.7. The van der Waals surface area contributed by atoms with Crippen LogP contribution in [0.15, 0.2) is 46.9 Å². The van der Waals surface area contributed by atoms with E-state index in [9.17, 15) is 4.39 Å². The minimum absolute atomic E-state index is 0.177. The highest BCUT2D eigenvalue weighted by Crippen LogP contribution is 2.33. The van der Waals surface area contributed by atoms with E-state index in [1.54, 1.807) is 0 Å². The largest absolute Gasteiger partial charge is 0.303 e. The molecule has 0 fully saturated rings. The van der Waals surface area contributed by atoms with Crippen molar-refractivity contribution >= 4 is 15.9 Å². The molecule has 21 heavy (non-hydrogen) atoms. The molecule has 3 rings (SSSR count). The van der Waals surface area contributed by atoms with Gasteiger partial charge in [-0.1, -0.05) is 46.3 Å². The van der Waals surface area contributed by atoms with E-state index >= 15 is 0 Å². The van der Waals surface area contributed by atoms with Gasteiger partial charge in [-0.15, -0.1) is 0 Å². The van der Waals surface area contributed by atoms with Gasteiger partial charge in [0.05, 0.1) is 0 Å². The van der Waals surface area contributed by atoms with Gasteiger partial charge >= 0.3 is 0 Å². The predicted molar refractivity (Wildman–Crippen MR) is 87.8 cm³/mol. The standard InChI is InChI=1S/C18H19BrFN/c1-12(15-10-9-14(20)11-17(15)19)21-18-8-4-6-13-5-2-3-7-16(13)18/h2-3,5,7,9-12,18,21H,4,6,8H2,1H3. The molecule has 0 spiro atoms. The molecule has 0 aliphatic heterocycles. The van der Waals surface area contributed by atoms with Crippen LogP contribution in [0.1, 0.15) is 48.5 Å². The molecule has 0 aromatic heterocycles. The predicted octanol–water partition coefficient (Wildman–Crippen LogP) is 5.32. The maximum atomic E-state index is 13.2. The van der Waals surface area contributed by atoms with Crippen molar-refractivity contribution in [3.63, 3.8) is 0 Å². The van der Waals surface area contributed by atoms with Gasteiger partial charge < -0.3 is 5.32 Å². The third kappa shape index (κ3) is 3.19. The van der Waals surface area contributed by atoms with Gasteiger partial charge in [0.2, 0.25) is 0 Å². The maximum absolute atomic E-state index is 13.2. The first-order valence-electron chi connectivity index (χ1n) is 7.44. The van der Waals surface area contributed by atoms with E-state index < -0.39 is 0 Å². The molecule has 0 radical (unpaired) electrons. The first-order valence-corrected chi connectivity index (χ1v) is 8.23. The molecule has 0 heterocycles. The lowest BCUT2D eigenvalue weighted by molar-refractivity contribution is 0.414. The number of benzene rings is 2. The Morgan fingerprint density at radius 2 is 2.05 bits per heavy atom. The number of halogens is 2. The van der Waals surface area contributed by atoms with Gasteiger partial charge in [0.25, 0.3) is 0 Å². The smallest absolute Gasteiger partial charge is 0.124 e. The fraction of sp³-hybridized carbons (Fsp3) is 0.333. The number of hydrogen-bond donors (Lipinski definition) is 1. The minimum Gasteiger partial charge on any atom is -0.303 e. The van der Waals surface area contributed by atoms with Crippen molar-refractivity contribution in [3.05, 3.63) is 69.4 Å². The third-order valence-electron chi connectivity index (χ3n) is 4.25. The number of aryl methyl sites for hydroxylation is 1. The molecule has 0 bridgehead atoms. The number of rotatable bonds is 3. The SMILES string of the molecule is CC(NC1CCCc2ccccc21)c1ccc(F)cc1Br. The quantitative estimate of drug-likeness (QED) is 0.792. The molecule has 0 saturated heterocycles. The third-order valence-corrected chi connectivity index (χ3v) is 4.94. The summed E-state index contributed by atoms with van der Waals surface area (Å²) in [5.41, 5.74) is 3.96. The number of fused-ring (bicyclic) bond motifs is 1. The molecule has 2 aromatic carbocycles. The minimum atomic E-state index is -0.208. The average Bonchev–Trinajstić information content (AvgIpc) is 2.47. The summed E-state index contributed by atoms with van der Waals surface area (Å²) in [5.74, 6) is -0.208. The molecular weight excluding hydrogens is 329 g/mol. The summed E-state index contributed by atoms with van der Waals surface area (Å²) in [7, 11) is 0. The van der Waals surface area contributed by atoms with Crippen LogP contribution in [-0.4, -0.2) is 0 Å². The van der Waals surface area contributed by atoms with Crippen LogP contribution in [0.4, 0.5) is 4.39 Å². The molecule has 2 atom stereocenters. The fourth-order valence-electron chi connectivity index (χ4n) is 3.17. The fourth-order valence-corrected chi connectivity index (χ4v) is 3.87. The van der Waals surface area contributed by atoms with Crippen molar-refractivity contribution < 1.29 is 4.39 Å². The second kappa shape index (κ2) is 6.29. The van der Waals surface area contributed by atoms with E-state index in [1.807, 2.05) is 6.07 Å². The summed E-state index contributed by atoms with van der Waals surface area (Å²) in [6.07, 6.45) is 3.54. The summed E-state index contributed by atoms with van der Waals surface area (Å²) in [6, 6.07) is 14.1. The van der Waals surface area contributed by atoms with E-state index in [1.165, 1.54) is 36.1 Å². The van der Waals surface area contributed by atoms with E-state index in [0.29, 0.717) is 6.04 Å². The van der Waals surface area contributed by atoms with Crippen LogP contribution < -0.4 is 5.32 Å². The first-order chi connectivity index (χ1) is 10.1. The van der Waals surface area contributed by atoms with E-state index in [4.69, 9.17) is 0 Å². The summed E-state index contributed by atoms with van der Waals surface area (Å²) in [5, 5.41) is 3.70. The highest BCUT2D eigenvalue weighted by atomic mass is 79.9. The molecule has 1 nitrogen and oxygen atoms in total. The summed E-state index contributed by atoms with van der Waals surface area (Å²) in [4.78, 5) is 0. The van der Waals surface area contributed by atoms with Crippen LogP contribution in [-0.2, 0) is 6.42 Å². The van der Waals surface area contributed by atoms with Crippen molar-refractivity contribution in [3.8, 4) is 0 Å². The molecule has 1 aliphatic rings. The zero-order valence-electron chi connectivity index (χ0n) is 12.1. The molecule has 1 N–H and O–H groups in total. The van der Waals surface area contributed by atoms with Crippen molar-refractivity contribution in [1.29, 1.82) is 0 Å². The van der Waals surface area contributed by atoms with Crippen molar-refractivity contribution in [2.24, 2.45) is 0 Å². The van der Waals surface area contributed by atoms with Crippen LogP contribution in [0.3, 0.4) is 0 Å². The van der Waals surface area contributed by atoms with Gasteiger partial charge in [0, 0.05) is 16.6 Å². The lowest BCUT2D eigenvalue weighted by Crippen LogP contribution is -2.28. The lowest BCUT2D eigenvalue weighted by atomic mass is 9.87. The average molecular weight is 348 g/mol. The Labute approximate surface area is 133 Å². The molecule has 0 saturated carbocycles. The highest BCUT2D eigenvalue weighted by Gasteiger charge is 2.22. The molecule has 2 unspecified atom stereocenters. The number of nitrogens with one attached hydrogen (secondary N) is 1. The monoisotopic (exact) mass is 347 g/mol. The second-order valence-electron chi connectivity index (χ2n) is 5.70. The second-order valence-corrected chi connectivity index (χ2v) is 6.55. The van der Waals surface area contributed by atoms with Crippen molar-refractivity contribution in [2.45, 2.75) is 38.3 Å². The summed E-state index contributed by atoms with van der Waals surface area (Å²) >= 11 is 3.46. The summed E-state index contributed by atoms with van der Waals surface area (Å²) < 4.78 is 14.0. The van der Waals surface area contributed by atoms with Gasteiger partial charge in [-0.3, -0.25) is 0 Å². The zero-order chi connectivity index (χ0) is 14.8. The van der Waals surface area contributed by atoms with Crippen molar-refractivity contribution in [2.75, 3.05) is 0 Å². The van der Waals surface area contributed by atoms with Gasteiger partial charge in [-0.2, -0.15) is 0 Å². The van der Waals surface area contributed by atoms with Gasteiger partial charge in [0.15, 0.2) is 0 Å². The van der Waals surface area contributed by atoms with E-state index in [0.717, 1.165) is 16.5 Å². The van der Waals surface area contributed by atoms with E-state index in [2.05, 4.69) is 52.4 Å². The van der Waals surface area contributed by atoms with Gasteiger partial charge in [-0.25, -0.2) is 4.39 Å². The Balaban J connectivity index is 1.81. The molecular formula is C18H19BrFN. The highest BCUT2D eigenvalue weighted by molar-refractivity contribution is 9.10. The normalized spacial score (nSPS) is 19.1. The lowest BCUT2D eigenvalue weighted by Gasteiger charge is -2.29. The summed E-state index contributed by atoms with van der Waals surface area (Å²) in [6.45, 7) is 2.13. The van der Waals surface area contributed by atoms with Crippen LogP contribution in [0, 0.1) is 5.82 Å². The van der Waals surface area contributed by atoms with Gasteiger partial charge in [0.1, 0.15) is 5.82 Å². The number of hydrogen-bond acceptors (Lipinski definition) is 1. The van der Waals surface area contributed by atoms with Crippen LogP contribution in [0.2, 0.25) is 0 Å². The maximum Gasteiger partial charge on any atom is 0.124 e.